The lowest BCUT2D eigenvalue weighted by molar-refractivity contribution is -0.385. The number of non-ortho nitro benzene ring substituents is 1. The first kappa shape index (κ1) is 22.7. The third-order valence-corrected chi connectivity index (χ3v) is 6.84. The van der Waals surface area contributed by atoms with Crippen molar-refractivity contribution in [1.82, 2.24) is 14.0 Å². The summed E-state index contributed by atoms with van der Waals surface area (Å²) < 4.78 is 4.12. The predicted molar refractivity (Wildman–Crippen MR) is 135 cm³/mol. The summed E-state index contributed by atoms with van der Waals surface area (Å²) in [4.78, 5) is 26.3. The summed E-state index contributed by atoms with van der Waals surface area (Å²) in [6.45, 7) is 5.24. The molecule has 0 spiro atoms. The van der Waals surface area contributed by atoms with Gasteiger partial charge >= 0.3 is 0 Å². The van der Waals surface area contributed by atoms with E-state index in [0.717, 1.165) is 28.1 Å². The zero-order valence-electron chi connectivity index (χ0n) is 19.9. The van der Waals surface area contributed by atoms with Gasteiger partial charge in [-0.15, -0.1) is 0 Å². The van der Waals surface area contributed by atoms with E-state index in [4.69, 9.17) is 0 Å². The molecular formula is C28H28N4O3. The molecule has 2 aromatic heterocycles. The van der Waals surface area contributed by atoms with Crippen LogP contribution in [0.25, 0.3) is 11.4 Å². The summed E-state index contributed by atoms with van der Waals surface area (Å²) in [6, 6.07) is 19.1. The van der Waals surface area contributed by atoms with Crippen LogP contribution >= 0.6 is 0 Å². The molecule has 1 atom stereocenters. The average Bonchev–Trinajstić information content (AvgIpc) is 3.57. The van der Waals surface area contributed by atoms with Crippen molar-refractivity contribution in [1.29, 1.82) is 0 Å². The van der Waals surface area contributed by atoms with Gasteiger partial charge < -0.3 is 14.0 Å². The molecule has 0 radical (unpaired) electrons. The van der Waals surface area contributed by atoms with Crippen LogP contribution in [0.1, 0.15) is 36.5 Å². The van der Waals surface area contributed by atoms with Gasteiger partial charge in [0.2, 0.25) is 5.91 Å². The summed E-state index contributed by atoms with van der Waals surface area (Å²) in [7, 11) is 0. The second-order valence-electron chi connectivity index (χ2n) is 9.45. The van der Waals surface area contributed by atoms with Crippen LogP contribution in [0.15, 0.2) is 85.5 Å². The lowest BCUT2D eigenvalue weighted by Gasteiger charge is -2.36. The van der Waals surface area contributed by atoms with Gasteiger partial charge in [0.1, 0.15) is 0 Å². The third-order valence-electron chi connectivity index (χ3n) is 6.84. The number of benzene rings is 2. The van der Waals surface area contributed by atoms with Gasteiger partial charge in [0, 0.05) is 55.9 Å². The number of carbonyl (C=O) groups excluding carboxylic acids is 1. The van der Waals surface area contributed by atoms with E-state index in [0.29, 0.717) is 19.5 Å². The molecule has 7 heteroatoms. The molecule has 7 nitrogen and oxygen atoms in total. The lowest BCUT2D eigenvalue weighted by atomic mass is 9.82. The van der Waals surface area contributed by atoms with Crippen molar-refractivity contribution in [2.45, 2.75) is 32.7 Å². The Labute approximate surface area is 204 Å². The molecule has 0 saturated carbocycles. The normalized spacial score (nSPS) is 15.3. The molecule has 0 saturated heterocycles. The van der Waals surface area contributed by atoms with Crippen LogP contribution < -0.4 is 0 Å². The minimum atomic E-state index is -0.352. The maximum absolute atomic E-state index is 13.4. The van der Waals surface area contributed by atoms with Crippen LogP contribution in [-0.4, -0.2) is 31.4 Å². The molecule has 0 N–H and O–H groups in total. The largest absolute Gasteiger partial charge is 0.337 e. The van der Waals surface area contributed by atoms with Crippen molar-refractivity contribution in [2.24, 2.45) is 5.92 Å². The Morgan fingerprint density at radius 2 is 1.63 bits per heavy atom. The quantitative estimate of drug-likeness (QED) is 0.277. The molecule has 5 rings (SSSR count). The van der Waals surface area contributed by atoms with Crippen molar-refractivity contribution in [2.75, 3.05) is 6.54 Å². The smallest absolute Gasteiger partial charge is 0.269 e. The van der Waals surface area contributed by atoms with Crippen molar-refractivity contribution >= 4 is 11.6 Å². The predicted octanol–water partition coefficient (Wildman–Crippen LogP) is 5.50. The summed E-state index contributed by atoms with van der Waals surface area (Å²) in [6.07, 6.45) is 8.32. The van der Waals surface area contributed by atoms with E-state index in [2.05, 4.69) is 35.1 Å². The monoisotopic (exact) mass is 468 g/mol. The highest BCUT2D eigenvalue weighted by Gasteiger charge is 2.31. The van der Waals surface area contributed by atoms with Gasteiger partial charge in [-0.05, 0) is 59.0 Å². The Morgan fingerprint density at radius 3 is 2.26 bits per heavy atom. The van der Waals surface area contributed by atoms with Crippen LogP contribution in [0, 0.1) is 16.0 Å². The molecule has 35 heavy (non-hydrogen) atoms. The third kappa shape index (κ3) is 4.49. The van der Waals surface area contributed by atoms with Crippen molar-refractivity contribution in [3.8, 4) is 11.4 Å². The molecule has 3 heterocycles. The van der Waals surface area contributed by atoms with Gasteiger partial charge in [-0.1, -0.05) is 26.0 Å². The number of nitro groups is 1. The summed E-state index contributed by atoms with van der Waals surface area (Å²) in [5.41, 5.74) is 5.08. The minimum absolute atomic E-state index is 0.0619. The summed E-state index contributed by atoms with van der Waals surface area (Å²) in [5, 5.41) is 11.3. The number of hydrogen-bond acceptors (Lipinski definition) is 3. The van der Waals surface area contributed by atoms with Crippen LogP contribution in [0.3, 0.4) is 0 Å². The van der Waals surface area contributed by atoms with Crippen molar-refractivity contribution in [3.05, 3.63) is 112 Å². The first-order valence-corrected chi connectivity index (χ1v) is 11.9. The van der Waals surface area contributed by atoms with Crippen LogP contribution in [-0.2, 0) is 17.8 Å². The van der Waals surface area contributed by atoms with Gasteiger partial charge in [0.25, 0.3) is 5.69 Å². The molecule has 0 fully saturated rings. The zero-order chi connectivity index (χ0) is 24.5. The highest BCUT2D eigenvalue weighted by atomic mass is 16.6. The fourth-order valence-electron chi connectivity index (χ4n) is 4.93. The average molecular weight is 469 g/mol. The molecule has 4 aromatic rings. The maximum atomic E-state index is 13.4. The van der Waals surface area contributed by atoms with Gasteiger partial charge in [0.05, 0.1) is 22.7 Å². The van der Waals surface area contributed by atoms with E-state index in [1.54, 1.807) is 12.1 Å². The van der Waals surface area contributed by atoms with Crippen LogP contribution in [0.5, 0.6) is 0 Å². The van der Waals surface area contributed by atoms with Crippen LogP contribution in [0.4, 0.5) is 5.69 Å². The highest BCUT2D eigenvalue weighted by molar-refractivity contribution is 5.80. The van der Waals surface area contributed by atoms with E-state index in [-0.39, 0.29) is 28.4 Å². The van der Waals surface area contributed by atoms with E-state index in [1.807, 2.05) is 60.0 Å². The first-order chi connectivity index (χ1) is 16.9. The lowest BCUT2D eigenvalue weighted by Crippen LogP contribution is -2.40. The fourth-order valence-corrected chi connectivity index (χ4v) is 4.93. The molecule has 1 aliphatic rings. The Bertz CT molecular complexity index is 1360. The summed E-state index contributed by atoms with van der Waals surface area (Å²) in [5.74, 6) is 0.383. The van der Waals surface area contributed by atoms with Crippen LogP contribution in [0.2, 0.25) is 0 Å². The fraction of sp³-hybridized carbons (Fsp3) is 0.250. The van der Waals surface area contributed by atoms with Gasteiger partial charge in [-0.25, -0.2) is 0 Å². The Kier molecular flexibility index (Phi) is 5.99. The molecular weight excluding hydrogens is 440 g/mol. The molecule has 1 aliphatic heterocycles. The van der Waals surface area contributed by atoms with E-state index >= 15 is 0 Å². The van der Waals surface area contributed by atoms with E-state index in [1.165, 1.54) is 6.07 Å². The van der Waals surface area contributed by atoms with Gasteiger partial charge in [-0.3, -0.25) is 14.9 Å². The molecule has 0 aliphatic carbocycles. The summed E-state index contributed by atoms with van der Waals surface area (Å²) >= 11 is 0. The SMILES string of the molecule is CC(C)C1CN(C(=O)Cc2ccc(-n3cccc3)c(-n3cccc3)c2)Cc2ccc([N+](=O)[O-])cc21. The highest BCUT2D eigenvalue weighted by Crippen LogP contribution is 2.36. The molecule has 0 bridgehead atoms. The second-order valence-corrected chi connectivity index (χ2v) is 9.45. The van der Waals surface area contributed by atoms with Crippen molar-refractivity contribution in [3.63, 3.8) is 0 Å². The van der Waals surface area contributed by atoms with Crippen molar-refractivity contribution < 1.29 is 9.72 Å². The zero-order valence-corrected chi connectivity index (χ0v) is 19.9. The van der Waals surface area contributed by atoms with Gasteiger partial charge in [0.15, 0.2) is 0 Å². The first-order valence-electron chi connectivity index (χ1n) is 11.9. The Balaban J connectivity index is 1.42. The van der Waals surface area contributed by atoms with E-state index < -0.39 is 0 Å². The topological polar surface area (TPSA) is 73.3 Å². The number of nitro benzene ring substituents is 1. The standard InChI is InChI=1S/C28H28N4O3/c1-20(2)25-19-31(18-22-8-9-23(32(34)35)17-24(22)25)28(33)16-21-7-10-26(29-11-3-4-12-29)27(15-21)30-13-5-6-14-30/h3-15,17,20,25H,16,18-19H2,1-2H3. The number of rotatable bonds is 6. The Morgan fingerprint density at radius 1 is 0.971 bits per heavy atom. The second kappa shape index (κ2) is 9.25. The number of carbonyl (C=O) groups is 1. The number of nitrogens with zero attached hydrogens (tertiary/aromatic N) is 4. The Hall–Kier alpha value is -4.13. The maximum Gasteiger partial charge on any atom is 0.269 e. The molecule has 2 aromatic carbocycles. The van der Waals surface area contributed by atoms with Gasteiger partial charge in [-0.2, -0.15) is 0 Å². The number of aromatic nitrogens is 2. The van der Waals surface area contributed by atoms with E-state index in [9.17, 15) is 14.9 Å². The number of fused-ring (bicyclic) bond motifs is 1. The minimum Gasteiger partial charge on any atom is -0.337 e. The molecule has 178 valence electrons. The number of hydrogen-bond donors (Lipinski definition) is 0. The number of amides is 1. The molecule has 1 unspecified atom stereocenters. The molecule has 1 amide bonds.